The van der Waals surface area contributed by atoms with Crippen LogP contribution in [0.4, 0.5) is 0 Å². The van der Waals surface area contributed by atoms with Crippen molar-refractivity contribution in [2.45, 2.75) is 19.4 Å². The highest BCUT2D eigenvalue weighted by Crippen LogP contribution is 2.13. The summed E-state index contributed by atoms with van der Waals surface area (Å²) in [6, 6.07) is 0. The third-order valence-electron chi connectivity index (χ3n) is 2.46. The third-order valence-corrected chi connectivity index (χ3v) is 2.46. The summed E-state index contributed by atoms with van der Waals surface area (Å²) in [7, 11) is 0. The topological polar surface area (TPSA) is 60.2 Å². The van der Waals surface area contributed by atoms with E-state index in [4.69, 9.17) is 4.74 Å². The first kappa shape index (κ1) is 9.61. The molecule has 0 aliphatic carbocycles. The minimum absolute atomic E-state index is 0.688. The fourth-order valence-corrected chi connectivity index (χ4v) is 1.61. The molecule has 2 heterocycles. The second kappa shape index (κ2) is 5.07. The largest absolute Gasteiger partial charge is 0.381 e. The number of rotatable bonds is 4. The van der Waals surface area contributed by atoms with E-state index in [-0.39, 0.29) is 0 Å². The molecule has 1 fully saturated rings. The van der Waals surface area contributed by atoms with E-state index in [9.17, 15) is 0 Å². The number of hydrogen-bond acceptors (Lipinski definition) is 5. The van der Waals surface area contributed by atoms with Gasteiger partial charge in [-0.3, -0.25) is 0 Å². The molecule has 0 atom stereocenters. The van der Waals surface area contributed by atoms with Gasteiger partial charge < -0.3 is 14.6 Å². The molecule has 0 amide bonds. The molecule has 0 radical (unpaired) electrons. The molecule has 1 aliphatic rings. The number of aromatic nitrogens is 2. The summed E-state index contributed by atoms with van der Waals surface area (Å²) in [6.07, 6.45) is 3.66. The van der Waals surface area contributed by atoms with Crippen LogP contribution in [-0.2, 0) is 11.3 Å². The molecule has 1 aromatic rings. The van der Waals surface area contributed by atoms with E-state index < -0.39 is 0 Å². The van der Waals surface area contributed by atoms with Crippen molar-refractivity contribution in [2.75, 3.05) is 19.8 Å². The van der Waals surface area contributed by atoms with Gasteiger partial charge in [0.05, 0.1) is 6.54 Å². The lowest BCUT2D eigenvalue weighted by Crippen LogP contribution is -2.27. The average Bonchev–Trinajstić information content (AvgIpc) is 2.72. The zero-order chi connectivity index (χ0) is 9.64. The highest BCUT2D eigenvalue weighted by molar-refractivity contribution is 4.77. The fourth-order valence-electron chi connectivity index (χ4n) is 1.61. The zero-order valence-electron chi connectivity index (χ0n) is 8.11. The van der Waals surface area contributed by atoms with Crippen LogP contribution in [-0.4, -0.2) is 29.9 Å². The maximum Gasteiger partial charge on any atom is 0.213 e. The van der Waals surface area contributed by atoms with Crippen molar-refractivity contribution in [1.29, 1.82) is 0 Å². The normalized spacial score (nSPS) is 18.6. The Morgan fingerprint density at radius 3 is 3.00 bits per heavy atom. The summed E-state index contributed by atoms with van der Waals surface area (Å²) in [5.41, 5.74) is 0. The molecular formula is C9H15N3O2. The van der Waals surface area contributed by atoms with Crippen LogP contribution in [0.2, 0.25) is 0 Å². The molecule has 1 saturated heterocycles. The summed E-state index contributed by atoms with van der Waals surface area (Å²) >= 11 is 0. The van der Waals surface area contributed by atoms with Crippen molar-refractivity contribution >= 4 is 0 Å². The molecule has 1 aliphatic heterocycles. The van der Waals surface area contributed by atoms with Crippen LogP contribution >= 0.6 is 0 Å². The quantitative estimate of drug-likeness (QED) is 0.765. The van der Waals surface area contributed by atoms with Gasteiger partial charge in [-0.05, 0) is 25.3 Å². The van der Waals surface area contributed by atoms with E-state index in [2.05, 4.69) is 20.0 Å². The van der Waals surface area contributed by atoms with Crippen LogP contribution in [0.3, 0.4) is 0 Å². The summed E-state index contributed by atoms with van der Waals surface area (Å²) in [5, 5.41) is 7.04. The number of ether oxygens (including phenoxy) is 1. The van der Waals surface area contributed by atoms with Gasteiger partial charge in [-0.1, -0.05) is 5.16 Å². The predicted molar refractivity (Wildman–Crippen MR) is 49.5 cm³/mol. The Morgan fingerprint density at radius 1 is 1.43 bits per heavy atom. The van der Waals surface area contributed by atoms with Gasteiger partial charge in [-0.2, -0.15) is 4.98 Å². The van der Waals surface area contributed by atoms with Gasteiger partial charge in [0.1, 0.15) is 0 Å². The minimum atomic E-state index is 0.688. The predicted octanol–water partition coefficient (Wildman–Crippen LogP) is 0.586. The van der Waals surface area contributed by atoms with Gasteiger partial charge in [0, 0.05) is 13.2 Å². The van der Waals surface area contributed by atoms with Gasteiger partial charge >= 0.3 is 0 Å². The summed E-state index contributed by atoms with van der Waals surface area (Å²) in [6.45, 7) is 3.49. The van der Waals surface area contributed by atoms with E-state index in [1.54, 1.807) is 0 Å². The van der Waals surface area contributed by atoms with E-state index in [1.165, 1.54) is 6.39 Å². The molecule has 1 aromatic heterocycles. The number of hydrogen-bond donors (Lipinski definition) is 1. The Morgan fingerprint density at radius 2 is 2.29 bits per heavy atom. The monoisotopic (exact) mass is 197 g/mol. The first-order chi connectivity index (χ1) is 6.95. The molecule has 1 N–H and O–H groups in total. The summed E-state index contributed by atoms with van der Waals surface area (Å²) in [4.78, 5) is 3.93. The van der Waals surface area contributed by atoms with Crippen LogP contribution in [0.25, 0.3) is 0 Å². The molecule has 2 rings (SSSR count). The molecule has 5 heteroatoms. The van der Waals surface area contributed by atoms with Crippen LogP contribution in [0.1, 0.15) is 18.7 Å². The fraction of sp³-hybridized carbons (Fsp3) is 0.778. The first-order valence-corrected chi connectivity index (χ1v) is 4.99. The second-order valence-corrected chi connectivity index (χ2v) is 3.53. The standard InChI is InChI=1S/C9H15N3O2/c1-3-13-4-2-8(1)5-10-6-9-11-7-14-12-9/h7-8,10H,1-6H2. The van der Waals surface area contributed by atoms with Crippen molar-refractivity contribution < 1.29 is 9.26 Å². The SMILES string of the molecule is c1nc(CNCC2CCOCC2)no1. The Bertz CT molecular complexity index is 245. The van der Waals surface area contributed by atoms with Gasteiger partial charge in [0.25, 0.3) is 0 Å². The maximum absolute atomic E-state index is 5.28. The van der Waals surface area contributed by atoms with E-state index in [1.807, 2.05) is 0 Å². The molecule has 0 unspecified atom stereocenters. The van der Waals surface area contributed by atoms with Crippen molar-refractivity contribution in [3.8, 4) is 0 Å². The van der Waals surface area contributed by atoms with Crippen molar-refractivity contribution in [3.63, 3.8) is 0 Å². The van der Waals surface area contributed by atoms with Crippen molar-refractivity contribution in [1.82, 2.24) is 15.5 Å². The van der Waals surface area contributed by atoms with Crippen LogP contribution in [0.15, 0.2) is 10.9 Å². The Labute approximate surface area is 82.8 Å². The van der Waals surface area contributed by atoms with Gasteiger partial charge in [-0.15, -0.1) is 0 Å². The van der Waals surface area contributed by atoms with E-state index in [0.29, 0.717) is 6.54 Å². The van der Waals surface area contributed by atoms with Crippen LogP contribution in [0, 0.1) is 5.92 Å². The summed E-state index contributed by atoms with van der Waals surface area (Å²) in [5.74, 6) is 1.45. The molecule has 78 valence electrons. The Balaban J connectivity index is 1.62. The second-order valence-electron chi connectivity index (χ2n) is 3.53. The molecular weight excluding hydrogens is 182 g/mol. The lowest BCUT2D eigenvalue weighted by atomic mass is 10.0. The lowest BCUT2D eigenvalue weighted by Gasteiger charge is -2.21. The van der Waals surface area contributed by atoms with Gasteiger partial charge in [-0.25, -0.2) is 0 Å². The van der Waals surface area contributed by atoms with Crippen molar-refractivity contribution in [3.05, 3.63) is 12.2 Å². The van der Waals surface area contributed by atoms with Gasteiger partial charge in [0.15, 0.2) is 5.82 Å². The van der Waals surface area contributed by atoms with Gasteiger partial charge in [0.2, 0.25) is 6.39 Å². The molecule has 0 saturated carbocycles. The minimum Gasteiger partial charge on any atom is -0.381 e. The van der Waals surface area contributed by atoms with E-state index >= 15 is 0 Å². The Hall–Kier alpha value is -0.940. The number of nitrogens with one attached hydrogen (secondary N) is 1. The molecule has 0 aromatic carbocycles. The summed E-state index contributed by atoms with van der Waals surface area (Å²) < 4.78 is 9.92. The number of nitrogens with zero attached hydrogens (tertiary/aromatic N) is 2. The highest BCUT2D eigenvalue weighted by Gasteiger charge is 2.13. The van der Waals surface area contributed by atoms with Crippen LogP contribution in [0.5, 0.6) is 0 Å². The Kier molecular flexibility index (Phi) is 3.48. The molecule has 14 heavy (non-hydrogen) atoms. The zero-order valence-corrected chi connectivity index (χ0v) is 8.11. The molecule has 0 bridgehead atoms. The smallest absolute Gasteiger partial charge is 0.213 e. The highest BCUT2D eigenvalue weighted by atomic mass is 16.5. The molecule has 0 spiro atoms. The van der Waals surface area contributed by atoms with E-state index in [0.717, 1.165) is 44.3 Å². The first-order valence-electron chi connectivity index (χ1n) is 4.99. The maximum atomic E-state index is 5.28. The average molecular weight is 197 g/mol. The van der Waals surface area contributed by atoms with Crippen LogP contribution < -0.4 is 5.32 Å². The third kappa shape index (κ3) is 2.78. The molecule has 5 nitrogen and oxygen atoms in total. The lowest BCUT2D eigenvalue weighted by molar-refractivity contribution is 0.0662. The van der Waals surface area contributed by atoms with Crippen molar-refractivity contribution in [2.24, 2.45) is 5.92 Å².